The Balaban J connectivity index is 1.60. The summed E-state index contributed by atoms with van der Waals surface area (Å²) in [6.45, 7) is 4.58. The molecule has 33 heavy (non-hydrogen) atoms. The number of benzene rings is 1. The zero-order chi connectivity index (χ0) is 23.4. The van der Waals surface area contributed by atoms with Crippen molar-refractivity contribution >= 4 is 32.8 Å². The third-order valence-corrected chi connectivity index (χ3v) is 6.77. The molecule has 0 radical (unpaired) electrons. The number of likely N-dealkylation sites (tertiary alicyclic amines) is 1. The van der Waals surface area contributed by atoms with Gasteiger partial charge in [-0.3, -0.25) is 4.79 Å². The minimum absolute atomic E-state index is 0.105. The molecule has 1 aliphatic rings. The van der Waals surface area contributed by atoms with E-state index in [4.69, 9.17) is 5.73 Å². The Morgan fingerprint density at radius 2 is 2.09 bits per heavy atom. The monoisotopic (exact) mass is 465 g/mol. The highest BCUT2D eigenvalue weighted by Crippen LogP contribution is 2.28. The molecule has 1 atom stereocenters. The van der Waals surface area contributed by atoms with Gasteiger partial charge in [0.1, 0.15) is 17.8 Å². The highest BCUT2D eigenvalue weighted by atomic mass is 32.2. The van der Waals surface area contributed by atoms with Crippen molar-refractivity contribution in [2.45, 2.75) is 23.8 Å². The zero-order valence-electron chi connectivity index (χ0n) is 17.8. The van der Waals surface area contributed by atoms with Crippen molar-refractivity contribution in [1.29, 1.82) is 0 Å². The van der Waals surface area contributed by atoms with E-state index in [-0.39, 0.29) is 29.2 Å². The summed E-state index contributed by atoms with van der Waals surface area (Å²) in [5.41, 5.74) is 6.96. The van der Waals surface area contributed by atoms with Gasteiger partial charge < -0.3 is 10.6 Å². The molecule has 2 aromatic heterocycles. The van der Waals surface area contributed by atoms with E-state index in [1.54, 1.807) is 27.8 Å². The van der Waals surface area contributed by atoms with Gasteiger partial charge >= 0.3 is 0 Å². The zero-order valence-corrected chi connectivity index (χ0v) is 18.6. The number of carbonyl (C=O) groups is 1. The molecule has 0 spiro atoms. The average molecular weight is 466 g/mol. The highest BCUT2D eigenvalue weighted by molar-refractivity contribution is 7.89. The van der Waals surface area contributed by atoms with Gasteiger partial charge in [0, 0.05) is 13.1 Å². The summed E-state index contributed by atoms with van der Waals surface area (Å²) in [5.74, 6) is 5.79. The first-order valence-corrected chi connectivity index (χ1v) is 11.8. The van der Waals surface area contributed by atoms with Gasteiger partial charge in [0.25, 0.3) is 0 Å². The van der Waals surface area contributed by atoms with Gasteiger partial charge in [-0.25, -0.2) is 23.1 Å². The Hall–Kier alpha value is -3.75. The number of hydrogen-bond acceptors (Lipinski definition) is 7. The predicted molar refractivity (Wildman–Crippen MR) is 123 cm³/mol. The summed E-state index contributed by atoms with van der Waals surface area (Å²) in [7, 11) is -3.67. The number of fused-ring (bicyclic) bond motifs is 1. The van der Waals surface area contributed by atoms with E-state index in [2.05, 4.69) is 38.2 Å². The molecule has 0 aliphatic carbocycles. The van der Waals surface area contributed by atoms with Gasteiger partial charge in [-0.1, -0.05) is 30.7 Å². The Labute approximate surface area is 191 Å². The standard InChI is InChI=1S/C22H23N7O3S/c1-2-19(30)28-13-7-8-16(14-28)29-22-20(21(23)24-15-25-22)18(27-29)11-6-12-26-33(31,32)17-9-4-3-5-10-17/h2-5,9-10,15-16,26H,1,7-8,12-14H2,(H2,23,24,25)/t16-/m1/s1. The number of nitrogens with one attached hydrogen (secondary N) is 1. The summed E-state index contributed by atoms with van der Waals surface area (Å²) in [6, 6.07) is 7.95. The van der Waals surface area contributed by atoms with Gasteiger partial charge in [-0.15, -0.1) is 0 Å². The second-order valence-electron chi connectivity index (χ2n) is 7.47. The van der Waals surface area contributed by atoms with Crippen LogP contribution in [0.15, 0.2) is 54.2 Å². The van der Waals surface area contributed by atoms with Gasteiger partial charge in [-0.05, 0) is 37.0 Å². The molecule has 1 fully saturated rings. The molecule has 0 saturated carbocycles. The predicted octanol–water partition coefficient (Wildman–Crippen LogP) is 1.09. The highest BCUT2D eigenvalue weighted by Gasteiger charge is 2.27. The Morgan fingerprint density at radius 3 is 2.85 bits per heavy atom. The van der Waals surface area contributed by atoms with Crippen molar-refractivity contribution in [2.24, 2.45) is 0 Å². The molecule has 4 rings (SSSR count). The number of nitrogen functional groups attached to an aromatic ring is 1. The van der Waals surface area contributed by atoms with E-state index in [1.807, 2.05) is 0 Å². The second-order valence-corrected chi connectivity index (χ2v) is 9.24. The lowest BCUT2D eigenvalue weighted by molar-refractivity contribution is -0.127. The number of rotatable bonds is 5. The lowest BCUT2D eigenvalue weighted by Gasteiger charge is -2.32. The lowest BCUT2D eigenvalue weighted by Crippen LogP contribution is -2.40. The Kier molecular flexibility index (Phi) is 6.39. The van der Waals surface area contributed by atoms with Crippen molar-refractivity contribution in [3.63, 3.8) is 0 Å². The van der Waals surface area contributed by atoms with E-state index < -0.39 is 10.0 Å². The van der Waals surface area contributed by atoms with Gasteiger partial charge in [0.05, 0.1) is 22.9 Å². The largest absolute Gasteiger partial charge is 0.383 e. The molecule has 1 aliphatic heterocycles. The first kappa shape index (κ1) is 22.4. The minimum atomic E-state index is -3.67. The van der Waals surface area contributed by atoms with E-state index >= 15 is 0 Å². The van der Waals surface area contributed by atoms with Crippen molar-refractivity contribution in [2.75, 3.05) is 25.4 Å². The normalized spacial score (nSPS) is 16.2. The number of hydrogen-bond donors (Lipinski definition) is 2. The molecular weight excluding hydrogens is 442 g/mol. The lowest BCUT2D eigenvalue weighted by atomic mass is 10.1. The number of anilines is 1. The first-order chi connectivity index (χ1) is 15.9. The SMILES string of the molecule is C=CC(=O)N1CCC[C@@H](n2nc(C#CCNS(=O)(=O)c3ccccc3)c3c(N)ncnc32)C1. The maximum Gasteiger partial charge on any atom is 0.246 e. The third kappa shape index (κ3) is 4.72. The molecule has 3 aromatic rings. The first-order valence-electron chi connectivity index (χ1n) is 10.3. The minimum Gasteiger partial charge on any atom is -0.383 e. The molecule has 1 aromatic carbocycles. The van der Waals surface area contributed by atoms with E-state index in [9.17, 15) is 13.2 Å². The molecule has 3 N–H and O–H groups in total. The number of aromatic nitrogens is 4. The van der Waals surface area contributed by atoms with E-state index in [1.165, 1.54) is 24.5 Å². The molecule has 0 unspecified atom stereocenters. The van der Waals surface area contributed by atoms with Crippen LogP contribution in [0.5, 0.6) is 0 Å². The summed E-state index contributed by atoms with van der Waals surface area (Å²) >= 11 is 0. The van der Waals surface area contributed by atoms with Crippen LogP contribution in [-0.4, -0.2) is 58.6 Å². The summed E-state index contributed by atoms with van der Waals surface area (Å²) < 4.78 is 28.9. The van der Waals surface area contributed by atoms with Crippen LogP contribution in [0.25, 0.3) is 11.0 Å². The number of carbonyl (C=O) groups excluding carboxylic acids is 1. The number of sulfonamides is 1. The molecule has 11 heteroatoms. The Bertz CT molecular complexity index is 1360. The van der Waals surface area contributed by atoms with Crippen LogP contribution in [0, 0.1) is 11.8 Å². The van der Waals surface area contributed by atoms with Crippen LogP contribution in [0.2, 0.25) is 0 Å². The smallest absolute Gasteiger partial charge is 0.246 e. The summed E-state index contributed by atoms with van der Waals surface area (Å²) in [4.78, 5) is 22.4. The number of amides is 1. The van der Waals surface area contributed by atoms with Crippen LogP contribution in [0.1, 0.15) is 24.6 Å². The van der Waals surface area contributed by atoms with Crippen LogP contribution < -0.4 is 10.5 Å². The quantitative estimate of drug-likeness (QED) is 0.425. The molecular formula is C22H23N7O3S. The van der Waals surface area contributed by atoms with Gasteiger partial charge in [-0.2, -0.15) is 9.82 Å². The van der Waals surface area contributed by atoms with Gasteiger partial charge in [0.2, 0.25) is 15.9 Å². The topological polar surface area (TPSA) is 136 Å². The van der Waals surface area contributed by atoms with Crippen molar-refractivity contribution in [3.05, 3.63) is 55.0 Å². The maximum absolute atomic E-state index is 12.4. The van der Waals surface area contributed by atoms with Crippen molar-refractivity contribution in [1.82, 2.24) is 29.4 Å². The fourth-order valence-corrected chi connectivity index (χ4v) is 4.71. The third-order valence-electron chi connectivity index (χ3n) is 5.36. The number of nitrogens with two attached hydrogens (primary N) is 1. The van der Waals surface area contributed by atoms with E-state index in [0.717, 1.165) is 12.8 Å². The van der Waals surface area contributed by atoms with Crippen molar-refractivity contribution in [3.8, 4) is 11.8 Å². The molecule has 1 amide bonds. The molecule has 0 bridgehead atoms. The van der Waals surface area contributed by atoms with Crippen molar-refractivity contribution < 1.29 is 13.2 Å². The average Bonchev–Trinajstić information content (AvgIpc) is 3.22. The van der Waals surface area contributed by atoms with Crippen LogP contribution in [-0.2, 0) is 14.8 Å². The summed E-state index contributed by atoms with van der Waals surface area (Å²) in [6.07, 6.45) is 4.29. The molecule has 3 heterocycles. The maximum atomic E-state index is 12.4. The fourth-order valence-electron chi connectivity index (χ4n) is 3.76. The van der Waals surface area contributed by atoms with Crippen LogP contribution in [0.4, 0.5) is 5.82 Å². The fraction of sp³-hybridized carbons (Fsp3) is 0.273. The van der Waals surface area contributed by atoms with Crippen LogP contribution in [0.3, 0.4) is 0 Å². The molecule has 1 saturated heterocycles. The number of nitrogens with zero attached hydrogens (tertiary/aromatic N) is 5. The van der Waals surface area contributed by atoms with Gasteiger partial charge in [0.15, 0.2) is 5.65 Å². The Morgan fingerprint density at radius 1 is 1.30 bits per heavy atom. The molecule has 170 valence electrons. The molecule has 10 nitrogen and oxygen atoms in total. The second kappa shape index (κ2) is 9.40. The van der Waals surface area contributed by atoms with Crippen LogP contribution >= 0.6 is 0 Å². The summed E-state index contributed by atoms with van der Waals surface area (Å²) in [5, 5.41) is 5.11. The number of piperidine rings is 1. The van der Waals surface area contributed by atoms with E-state index in [0.29, 0.717) is 29.8 Å².